The van der Waals surface area contributed by atoms with Gasteiger partial charge in [-0.2, -0.15) is 8.78 Å². The average molecular weight is 152 g/mol. The van der Waals surface area contributed by atoms with Gasteiger partial charge in [-0.15, -0.1) is 0 Å². The van der Waals surface area contributed by atoms with Crippen LogP contribution in [0.1, 0.15) is 20.8 Å². The predicted octanol–water partition coefficient (Wildman–Crippen LogP) is 1.75. The van der Waals surface area contributed by atoms with E-state index >= 15 is 0 Å². The molecule has 0 spiro atoms. The van der Waals surface area contributed by atoms with Gasteiger partial charge < -0.3 is 5.11 Å². The minimum atomic E-state index is -3.65. The lowest BCUT2D eigenvalue weighted by atomic mass is 9.88. The zero-order chi connectivity index (χ0) is 8.58. The molecule has 0 amide bonds. The Kier molecular flexibility index (Phi) is 2.03. The van der Waals surface area contributed by atoms with Crippen LogP contribution in [0.15, 0.2) is 0 Å². The Morgan fingerprint density at radius 3 is 1.60 bits per heavy atom. The molecule has 0 bridgehead atoms. The molecule has 0 unspecified atom stereocenters. The zero-order valence-electron chi connectivity index (χ0n) is 6.11. The molecule has 0 aliphatic heterocycles. The van der Waals surface area contributed by atoms with E-state index in [0.29, 0.717) is 0 Å². The highest BCUT2D eigenvalue weighted by Gasteiger charge is 2.50. The van der Waals surface area contributed by atoms with Gasteiger partial charge in [0.05, 0.1) is 0 Å². The van der Waals surface area contributed by atoms with Crippen molar-refractivity contribution in [3.8, 4) is 0 Å². The fourth-order valence-electron chi connectivity index (χ4n) is 0.321. The normalized spacial score (nSPS) is 13.3. The maximum atomic E-state index is 12.5. The lowest BCUT2D eigenvalue weighted by molar-refractivity contribution is -0.181. The molecular weight excluding hydrogens is 142 g/mol. The van der Waals surface area contributed by atoms with Crippen LogP contribution in [0.25, 0.3) is 0 Å². The summed E-state index contributed by atoms with van der Waals surface area (Å²) in [4.78, 5) is 9.92. The van der Waals surface area contributed by atoms with E-state index < -0.39 is 17.3 Å². The summed E-state index contributed by atoms with van der Waals surface area (Å²) in [5.74, 6) is -5.72. The van der Waals surface area contributed by atoms with Gasteiger partial charge in [-0.05, 0) is 0 Å². The molecule has 0 aromatic rings. The number of rotatable bonds is 1. The van der Waals surface area contributed by atoms with E-state index in [1.165, 1.54) is 20.8 Å². The second kappa shape index (κ2) is 2.18. The molecule has 0 rings (SSSR count). The molecule has 2 nitrogen and oxygen atoms in total. The first kappa shape index (κ1) is 9.33. The van der Waals surface area contributed by atoms with Crippen LogP contribution in [-0.4, -0.2) is 17.0 Å². The molecule has 60 valence electrons. The van der Waals surface area contributed by atoms with Gasteiger partial charge in [-0.3, -0.25) is 0 Å². The molecule has 0 aromatic carbocycles. The van der Waals surface area contributed by atoms with E-state index in [-0.39, 0.29) is 0 Å². The van der Waals surface area contributed by atoms with Gasteiger partial charge in [0, 0.05) is 5.41 Å². The molecule has 10 heavy (non-hydrogen) atoms. The lowest BCUT2D eigenvalue weighted by Gasteiger charge is -2.25. The van der Waals surface area contributed by atoms with Gasteiger partial charge in [0.1, 0.15) is 0 Å². The molecule has 0 heterocycles. The molecule has 0 radical (unpaired) electrons. The molecule has 0 saturated heterocycles. The summed E-state index contributed by atoms with van der Waals surface area (Å²) in [6, 6.07) is 0. The lowest BCUT2D eigenvalue weighted by Crippen LogP contribution is -2.41. The molecule has 0 aromatic heterocycles. The number of carboxylic acids is 1. The Labute approximate surface area is 57.9 Å². The third-order valence-electron chi connectivity index (χ3n) is 1.21. The topological polar surface area (TPSA) is 37.3 Å². The summed E-state index contributed by atoms with van der Waals surface area (Å²) in [6.45, 7) is 3.54. The number of hydrogen-bond acceptors (Lipinski definition) is 1. The summed E-state index contributed by atoms with van der Waals surface area (Å²) < 4.78 is 24.9. The Bertz CT molecular complexity index is 146. The van der Waals surface area contributed by atoms with Crippen LogP contribution in [0.2, 0.25) is 0 Å². The van der Waals surface area contributed by atoms with E-state index in [2.05, 4.69) is 0 Å². The number of hydrogen-bond donors (Lipinski definition) is 1. The quantitative estimate of drug-likeness (QED) is 0.621. The first-order valence-electron chi connectivity index (χ1n) is 2.81. The molecule has 0 fully saturated rings. The number of carbonyl (C=O) groups is 1. The van der Waals surface area contributed by atoms with E-state index in [9.17, 15) is 13.6 Å². The van der Waals surface area contributed by atoms with Crippen molar-refractivity contribution in [2.24, 2.45) is 5.41 Å². The van der Waals surface area contributed by atoms with Crippen LogP contribution in [0, 0.1) is 5.41 Å². The molecule has 4 heteroatoms. The maximum Gasteiger partial charge on any atom is 0.375 e. The highest BCUT2D eigenvalue weighted by Crippen LogP contribution is 2.35. The number of alkyl halides is 2. The fourth-order valence-corrected chi connectivity index (χ4v) is 0.321. The summed E-state index contributed by atoms with van der Waals surface area (Å²) >= 11 is 0. The zero-order valence-corrected chi connectivity index (χ0v) is 6.11. The largest absolute Gasteiger partial charge is 0.477 e. The van der Waals surface area contributed by atoms with Gasteiger partial charge in [0.2, 0.25) is 0 Å². The van der Waals surface area contributed by atoms with E-state index in [1.807, 2.05) is 0 Å². The van der Waals surface area contributed by atoms with Crippen LogP contribution >= 0.6 is 0 Å². The SMILES string of the molecule is CC(C)(C)C(F)(F)C(=O)O. The van der Waals surface area contributed by atoms with Gasteiger partial charge in [-0.25, -0.2) is 4.79 Å². The van der Waals surface area contributed by atoms with E-state index in [1.54, 1.807) is 0 Å². The molecule has 0 atom stereocenters. The van der Waals surface area contributed by atoms with Gasteiger partial charge in [-0.1, -0.05) is 20.8 Å². The summed E-state index contributed by atoms with van der Waals surface area (Å²) in [6.07, 6.45) is 0. The minimum Gasteiger partial charge on any atom is -0.477 e. The summed E-state index contributed by atoms with van der Waals surface area (Å²) in [7, 11) is 0. The number of aliphatic carboxylic acids is 1. The summed E-state index contributed by atoms with van der Waals surface area (Å²) in [5.41, 5.74) is -1.52. The van der Waals surface area contributed by atoms with E-state index in [0.717, 1.165) is 0 Å². The second-order valence-electron chi connectivity index (χ2n) is 3.13. The first-order chi connectivity index (χ1) is 4.19. The molecular formula is C6H10F2O2. The van der Waals surface area contributed by atoms with E-state index in [4.69, 9.17) is 5.11 Å². The van der Waals surface area contributed by atoms with Crippen molar-refractivity contribution >= 4 is 5.97 Å². The summed E-state index contributed by atoms with van der Waals surface area (Å²) in [5, 5.41) is 8.03. The van der Waals surface area contributed by atoms with Crippen molar-refractivity contribution < 1.29 is 18.7 Å². The Morgan fingerprint density at radius 1 is 1.30 bits per heavy atom. The van der Waals surface area contributed by atoms with Gasteiger partial charge in [0.25, 0.3) is 0 Å². The van der Waals surface area contributed by atoms with Crippen LogP contribution in [0.5, 0.6) is 0 Å². The van der Waals surface area contributed by atoms with Crippen molar-refractivity contribution in [3.63, 3.8) is 0 Å². The van der Waals surface area contributed by atoms with Crippen LogP contribution in [-0.2, 0) is 4.79 Å². The highest BCUT2D eigenvalue weighted by atomic mass is 19.3. The van der Waals surface area contributed by atoms with Crippen LogP contribution in [0.3, 0.4) is 0 Å². The van der Waals surface area contributed by atoms with Crippen LogP contribution < -0.4 is 0 Å². The van der Waals surface area contributed by atoms with Crippen molar-refractivity contribution in [2.45, 2.75) is 26.7 Å². The monoisotopic (exact) mass is 152 g/mol. The molecule has 0 aliphatic carbocycles. The third kappa shape index (κ3) is 1.43. The molecule has 1 N–H and O–H groups in total. The Balaban J connectivity index is 4.57. The van der Waals surface area contributed by atoms with Crippen molar-refractivity contribution in [3.05, 3.63) is 0 Å². The van der Waals surface area contributed by atoms with Crippen molar-refractivity contribution in [1.82, 2.24) is 0 Å². The van der Waals surface area contributed by atoms with Crippen molar-refractivity contribution in [1.29, 1.82) is 0 Å². The number of halogens is 2. The Morgan fingerprint density at radius 2 is 1.60 bits per heavy atom. The average Bonchev–Trinajstić information content (AvgIpc) is 1.62. The molecule has 0 aliphatic rings. The van der Waals surface area contributed by atoms with Crippen LogP contribution in [0.4, 0.5) is 8.78 Å². The molecule has 0 saturated carbocycles. The third-order valence-corrected chi connectivity index (χ3v) is 1.21. The van der Waals surface area contributed by atoms with Crippen molar-refractivity contribution in [2.75, 3.05) is 0 Å². The number of carboxylic acid groups (broad SMARTS) is 1. The maximum absolute atomic E-state index is 12.5. The first-order valence-corrected chi connectivity index (χ1v) is 2.81. The van der Waals surface area contributed by atoms with Gasteiger partial charge in [0.15, 0.2) is 0 Å². The highest BCUT2D eigenvalue weighted by molar-refractivity contribution is 5.76. The fraction of sp³-hybridized carbons (Fsp3) is 0.833. The minimum absolute atomic E-state index is 1.18. The predicted molar refractivity (Wildman–Crippen MR) is 32.0 cm³/mol. The standard InChI is InChI=1S/C6H10F2O2/c1-5(2,3)6(7,8)4(9)10/h1-3H3,(H,9,10). The second-order valence-corrected chi connectivity index (χ2v) is 3.13. The smallest absolute Gasteiger partial charge is 0.375 e. The Hall–Kier alpha value is -0.670. The van der Waals surface area contributed by atoms with Gasteiger partial charge >= 0.3 is 11.9 Å².